The van der Waals surface area contributed by atoms with E-state index in [0.29, 0.717) is 17.6 Å². The molecule has 2 aromatic rings. The molecule has 1 fully saturated rings. The highest BCUT2D eigenvalue weighted by Crippen LogP contribution is 2.40. The van der Waals surface area contributed by atoms with Crippen molar-refractivity contribution in [1.29, 1.82) is 0 Å². The van der Waals surface area contributed by atoms with E-state index in [0.717, 1.165) is 11.3 Å². The minimum Gasteiger partial charge on any atom is -0.308 e. The van der Waals surface area contributed by atoms with Crippen molar-refractivity contribution >= 4 is 5.82 Å². The number of anilines is 1. The maximum absolute atomic E-state index is 5.43. The fourth-order valence-corrected chi connectivity index (χ4v) is 1.76. The molecule has 2 heterocycles. The normalized spacial score (nSPS) is 14.6. The average Bonchev–Trinajstić information content (AvgIpc) is 3.23. The number of hydrogen-bond donors (Lipinski definition) is 2. The van der Waals surface area contributed by atoms with E-state index < -0.39 is 0 Å². The summed E-state index contributed by atoms with van der Waals surface area (Å²) in [5, 5.41) is 0. The molecular formula is C12H13N5. The summed E-state index contributed by atoms with van der Waals surface area (Å²) in [5.41, 5.74) is 4.62. The van der Waals surface area contributed by atoms with Gasteiger partial charge >= 0.3 is 0 Å². The summed E-state index contributed by atoms with van der Waals surface area (Å²) in [5.74, 6) is 7.37. The van der Waals surface area contributed by atoms with Gasteiger partial charge in [0.2, 0.25) is 0 Å². The van der Waals surface area contributed by atoms with Crippen LogP contribution < -0.4 is 11.3 Å². The first-order valence-corrected chi connectivity index (χ1v) is 5.63. The first-order valence-electron chi connectivity index (χ1n) is 5.63. The molecule has 0 atom stereocenters. The summed E-state index contributed by atoms with van der Waals surface area (Å²) in [7, 11) is 0. The molecule has 5 nitrogen and oxygen atoms in total. The van der Waals surface area contributed by atoms with Crippen molar-refractivity contribution in [2.45, 2.75) is 18.8 Å². The Balaban J connectivity index is 2.06. The Hall–Kier alpha value is -2.01. The van der Waals surface area contributed by atoms with E-state index in [4.69, 9.17) is 5.84 Å². The molecular weight excluding hydrogens is 214 g/mol. The van der Waals surface area contributed by atoms with Crippen LogP contribution in [-0.4, -0.2) is 15.0 Å². The Labute approximate surface area is 99.1 Å². The van der Waals surface area contributed by atoms with Crippen LogP contribution in [0.5, 0.6) is 0 Å². The monoisotopic (exact) mass is 227 g/mol. The maximum atomic E-state index is 5.43. The Morgan fingerprint density at radius 1 is 1.18 bits per heavy atom. The number of nitrogen functional groups attached to an aromatic ring is 1. The number of nitrogens with one attached hydrogen (secondary N) is 1. The molecule has 86 valence electrons. The second-order valence-electron chi connectivity index (χ2n) is 4.16. The van der Waals surface area contributed by atoms with Crippen molar-refractivity contribution in [1.82, 2.24) is 15.0 Å². The summed E-state index contributed by atoms with van der Waals surface area (Å²) in [4.78, 5) is 12.9. The summed E-state index contributed by atoms with van der Waals surface area (Å²) in [6.45, 7) is 0. The Morgan fingerprint density at radius 2 is 1.94 bits per heavy atom. The molecule has 1 aliphatic rings. The van der Waals surface area contributed by atoms with E-state index in [9.17, 15) is 0 Å². The minimum absolute atomic E-state index is 0.575. The zero-order valence-electron chi connectivity index (χ0n) is 9.30. The zero-order valence-corrected chi connectivity index (χ0v) is 9.30. The summed E-state index contributed by atoms with van der Waals surface area (Å²) in [6.07, 6.45) is 5.88. The van der Waals surface area contributed by atoms with Crippen LogP contribution in [0.1, 0.15) is 24.5 Å². The van der Waals surface area contributed by atoms with Crippen LogP contribution in [0, 0.1) is 0 Å². The van der Waals surface area contributed by atoms with E-state index in [1.807, 2.05) is 18.2 Å². The average molecular weight is 227 g/mol. The molecule has 17 heavy (non-hydrogen) atoms. The predicted molar refractivity (Wildman–Crippen MR) is 65.0 cm³/mol. The van der Waals surface area contributed by atoms with Gasteiger partial charge in [0.15, 0.2) is 5.82 Å². The van der Waals surface area contributed by atoms with E-state index in [2.05, 4.69) is 20.4 Å². The highest BCUT2D eigenvalue weighted by atomic mass is 15.3. The standard InChI is InChI=1S/C12H13N5/c13-17-11-7-10(8-1-2-8)15-12(16-11)9-3-5-14-6-4-9/h3-8H,1-2,13H2,(H,15,16,17). The molecule has 1 aliphatic carbocycles. The van der Waals surface area contributed by atoms with Gasteiger partial charge in [-0.05, 0) is 25.0 Å². The zero-order chi connectivity index (χ0) is 11.7. The van der Waals surface area contributed by atoms with Crippen LogP contribution in [0.2, 0.25) is 0 Å². The van der Waals surface area contributed by atoms with Crippen molar-refractivity contribution in [3.63, 3.8) is 0 Å². The molecule has 0 spiro atoms. The van der Waals surface area contributed by atoms with Crippen LogP contribution in [0.15, 0.2) is 30.6 Å². The van der Waals surface area contributed by atoms with Gasteiger partial charge in [0.05, 0.1) is 0 Å². The fraction of sp³-hybridized carbons (Fsp3) is 0.250. The molecule has 0 amide bonds. The van der Waals surface area contributed by atoms with Crippen LogP contribution in [-0.2, 0) is 0 Å². The van der Waals surface area contributed by atoms with Gasteiger partial charge in [-0.25, -0.2) is 15.8 Å². The van der Waals surface area contributed by atoms with Crippen LogP contribution >= 0.6 is 0 Å². The van der Waals surface area contributed by atoms with Crippen molar-refractivity contribution in [3.05, 3.63) is 36.3 Å². The van der Waals surface area contributed by atoms with E-state index in [-0.39, 0.29) is 0 Å². The molecule has 0 radical (unpaired) electrons. The lowest BCUT2D eigenvalue weighted by molar-refractivity contribution is 0.990. The van der Waals surface area contributed by atoms with Crippen LogP contribution in [0.3, 0.4) is 0 Å². The van der Waals surface area contributed by atoms with E-state index in [1.54, 1.807) is 12.4 Å². The minimum atomic E-state index is 0.575. The molecule has 3 N–H and O–H groups in total. The lowest BCUT2D eigenvalue weighted by Crippen LogP contribution is -2.10. The fourth-order valence-electron chi connectivity index (χ4n) is 1.76. The molecule has 0 saturated heterocycles. The van der Waals surface area contributed by atoms with Gasteiger partial charge in [-0.2, -0.15) is 0 Å². The number of rotatable bonds is 3. The molecule has 2 aromatic heterocycles. The number of nitrogens with zero attached hydrogens (tertiary/aromatic N) is 3. The largest absolute Gasteiger partial charge is 0.308 e. The van der Waals surface area contributed by atoms with Gasteiger partial charge in [0.25, 0.3) is 0 Å². The first kappa shape index (κ1) is 10.2. The molecule has 0 unspecified atom stereocenters. The third-order valence-electron chi connectivity index (χ3n) is 2.83. The van der Waals surface area contributed by atoms with Crippen LogP contribution in [0.4, 0.5) is 5.82 Å². The van der Waals surface area contributed by atoms with Gasteiger partial charge in [-0.15, -0.1) is 0 Å². The maximum Gasteiger partial charge on any atom is 0.161 e. The highest BCUT2D eigenvalue weighted by molar-refractivity contribution is 5.57. The van der Waals surface area contributed by atoms with Crippen molar-refractivity contribution < 1.29 is 0 Å². The van der Waals surface area contributed by atoms with E-state index in [1.165, 1.54) is 12.8 Å². The van der Waals surface area contributed by atoms with E-state index >= 15 is 0 Å². The third-order valence-corrected chi connectivity index (χ3v) is 2.83. The van der Waals surface area contributed by atoms with Gasteiger partial charge in [0, 0.05) is 35.6 Å². The number of hydrazine groups is 1. The van der Waals surface area contributed by atoms with Crippen molar-refractivity contribution in [2.75, 3.05) is 5.43 Å². The summed E-state index contributed by atoms with van der Waals surface area (Å²) >= 11 is 0. The number of hydrogen-bond acceptors (Lipinski definition) is 5. The Morgan fingerprint density at radius 3 is 2.59 bits per heavy atom. The molecule has 0 bridgehead atoms. The summed E-state index contributed by atoms with van der Waals surface area (Å²) < 4.78 is 0. The molecule has 5 heteroatoms. The second-order valence-corrected chi connectivity index (χ2v) is 4.16. The van der Waals surface area contributed by atoms with Gasteiger partial charge in [0.1, 0.15) is 5.82 Å². The lowest BCUT2D eigenvalue weighted by atomic mass is 10.2. The molecule has 0 aromatic carbocycles. The topological polar surface area (TPSA) is 76.7 Å². The van der Waals surface area contributed by atoms with Gasteiger partial charge in [-0.1, -0.05) is 0 Å². The molecule has 1 saturated carbocycles. The first-order chi connectivity index (χ1) is 8.36. The number of aromatic nitrogens is 3. The SMILES string of the molecule is NNc1cc(C2CC2)nc(-c2ccncc2)n1. The van der Waals surface area contributed by atoms with Crippen molar-refractivity contribution in [3.8, 4) is 11.4 Å². The summed E-state index contributed by atoms with van der Waals surface area (Å²) in [6, 6.07) is 5.71. The Kier molecular flexibility index (Phi) is 2.45. The molecule has 3 rings (SSSR count). The smallest absolute Gasteiger partial charge is 0.161 e. The van der Waals surface area contributed by atoms with Gasteiger partial charge in [-0.3, -0.25) is 4.98 Å². The molecule has 0 aliphatic heterocycles. The highest BCUT2D eigenvalue weighted by Gasteiger charge is 2.26. The third kappa shape index (κ3) is 2.09. The Bertz CT molecular complexity index is 522. The van der Waals surface area contributed by atoms with Gasteiger partial charge < -0.3 is 5.43 Å². The predicted octanol–water partition coefficient (Wildman–Crippen LogP) is 1.70. The lowest BCUT2D eigenvalue weighted by Gasteiger charge is -2.06. The number of pyridine rings is 1. The number of nitrogens with two attached hydrogens (primary N) is 1. The quantitative estimate of drug-likeness (QED) is 0.616. The second kappa shape index (κ2) is 4.10. The van der Waals surface area contributed by atoms with Crippen molar-refractivity contribution in [2.24, 2.45) is 5.84 Å². The van der Waals surface area contributed by atoms with Crippen LogP contribution in [0.25, 0.3) is 11.4 Å².